The van der Waals surface area contributed by atoms with Crippen molar-refractivity contribution in [1.82, 2.24) is 14.5 Å². The zero-order chi connectivity index (χ0) is 17.1. The first-order valence-electron chi connectivity index (χ1n) is 7.95. The number of carbonyl (C=O) groups excluding carboxylic acids is 1. The Morgan fingerprint density at radius 3 is 2.58 bits per heavy atom. The number of amides is 1. The zero-order valence-electron chi connectivity index (χ0n) is 14.2. The van der Waals surface area contributed by atoms with Crippen molar-refractivity contribution >= 4 is 5.91 Å². The number of hydrogen-bond donors (Lipinski definition) is 0. The number of benzene rings is 2. The molecule has 1 amide bonds. The molecule has 0 N–H and O–H groups in total. The quantitative estimate of drug-likeness (QED) is 0.734. The number of nitrogens with zero attached hydrogens (tertiary/aromatic N) is 3. The van der Waals surface area contributed by atoms with E-state index in [1.165, 1.54) is 11.1 Å². The summed E-state index contributed by atoms with van der Waals surface area (Å²) in [7, 11) is 1.82. The molecule has 3 rings (SSSR count). The molecule has 0 saturated heterocycles. The summed E-state index contributed by atoms with van der Waals surface area (Å²) >= 11 is 0. The number of hydrogen-bond acceptors (Lipinski definition) is 2. The van der Waals surface area contributed by atoms with Crippen LogP contribution in [0.3, 0.4) is 0 Å². The Bertz CT molecular complexity index is 852. The van der Waals surface area contributed by atoms with Crippen molar-refractivity contribution in [2.75, 3.05) is 7.05 Å². The molecule has 4 heteroatoms. The van der Waals surface area contributed by atoms with Crippen molar-refractivity contribution in [3.8, 4) is 5.69 Å². The van der Waals surface area contributed by atoms with E-state index < -0.39 is 0 Å². The van der Waals surface area contributed by atoms with Gasteiger partial charge in [-0.1, -0.05) is 42.0 Å². The molecule has 0 aliphatic rings. The maximum absolute atomic E-state index is 12.8. The average Bonchev–Trinajstić information content (AvgIpc) is 3.07. The van der Waals surface area contributed by atoms with Crippen LogP contribution in [0, 0.1) is 13.8 Å². The molecule has 0 spiro atoms. The minimum atomic E-state index is -0.0451. The number of para-hydroxylation sites is 1. The lowest BCUT2D eigenvalue weighted by Crippen LogP contribution is -2.28. The van der Waals surface area contributed by atoms with Gasteiger partial charge in [0.1, 0.15) is 5.69 Å². The number of aryl methyl sites for hydroxylation is 2. The number of carbonyl (C=O) groups is 1. The van der Waals surface area contributed by atoms with Gasteiger partial charge in [0.2, 0.25) is 0 Å². The van der Waals surface area contributed by atoms with Crippen molar-refractivity contribution in [2.24, 2.45) is 0 Å². The second kappa shape index (κ2) is 6.71. The van der Waals surface area contributed by atoms with Gasteiger partial charge in [0.05, 0.1) is 12.5 Å². The van der Waals surface area contributed by atoms with E-state index in [-0.39, 0.29) is 5.91 Å². The van der Waals surface area contributed by atoms with Crippen LogP contribution in [0.4, 0.5) is 0 Å². The molecule has 2 aromatic carbocycles. The van der Waals surface area contributed by atoms with Crippen LogP contribution in [-0.2, 0) is 6.54 Å². The summed E-state index contributed by atoms with van der Waals surface area (Å²) in [6.45, 7) is 4.73. The van der Waals surface area contributed by atoms with Crippen LogP contribution in [0.5, 0.6) is 0 Å². The number of aromatic nitrogens is 2. The summed E-state index contributed by atoms with van der Waals surface area (Å²) in [6, 6.07) is 16.1. The fourth-order valence-corrected chi connectivity index (χ4v) is 2.79. The molecule has 0 bridgehead atoms. The topological polar surface area (TPSA) is 38.1 Å². The fourth-order valence-electron chi connectivity index (χ4n) is 2.79. The number of imidazole rings is 1. The molecule has 0 unspecified atom stereocenters. The predicted molar refractivity (Wildman–Crippen MR) is 95.3 cm³/mol. The van der Waals surface area contributed by atoms with Crippen molar-refractivity contribution in [3.05, 3.63) is 83.4 Å². The average molecular weight is 319 g/mol. The summed E-state index contributed by atoms with van der Waals surface area (Å²) in [6.07, 6.45) is 3.29. The van der Waals surface area contributed by atoms with Crippen molar-refractivity contribution < 1.29 is 4.79 Å². The molecule has 0 radical (unpaired) electrons. The molecular formula is C20H21N3O. The summed E-state index contributed by atoms with van der Waals surface area (Å²) in [4.78, 5) is 18.7. The molecule has 3 aromatic rings. The molecule has 122 valence electrons. The van der Waals surface area contributed by atoms with E-state index in [9.17, 15) is 4.79 Å². The first-order chi connectivity index (χ1) is 11.6. The van der Waals surface area contributed by atoms with Gasteiger partial charge in [-0.2, -0.15) is 0 Å². The summed E-state index contributed by atoms with van der Waals surface area (Å²) in [5.41, 5.74) is 5.08. The molecule has 0 aliphatic heterocycles. The minimum absolute atomic E-state index is 0.0451. The van der Waals surface area contributed by atoms with Crippen LogP contribution in [0.2, 0.25) is 0 Å². The second-order valence-electron chi connectivity index (χ2n) is 6.08. The van der Waals surface area contributed by atoms with Gasteiger partial charge in [0, 0.05) is 19.3 Å². The SMILES string of the molecule is Cc1ccc(CN(C)C(=O)c2cncn2-c2ccccc2)c(C)c1. The Morgan fingerprint density at radius 1 is 1.12 bits per heavy atom. The highest BCUT2D eigenvalue weighted by Gasteiger charge is 2.18. The van der Waals surface area contributed by atoms with E-state index in [2.05, 4.69) is 37.0 Å². The van der Waals surface area contributed by atoms with Gasteiger partial charge in [0.25, 0.3) is 5.91 Å². The van der Waals surface area contributed by atoms with Gasteiger partial charge in [0.15, 0.2) is 0 Å². The number of rotatable bonds is 4. The van der Waals surface area contributed by atoms with Gasteiger partial charge < -0.3 is 4.90 Å². The van der Waals surface area contributed by atoms with Gasteiger partial charge in [-0.3, -0.25) is 9.36 Å². The van der Waals surface area contributed by atoms with Crippen molar-refractivity contribution in [3.63, 3.8) is 0 Å². The highest BCUT2D eigenvalue weighted by molar-refractivity contribution is 5.92. The van der Waals surface area contributed by atoms with E-state index in [1.807, 2.05) is 41.9 Å². The Balaban J connectivity index is 1.83. The van der Waals surface area contributed by atoms with E-state index in [0.29, 0.717) is 12.2 Å². The van der Waals surface area contributed by atoms with E-state index in [1.54, 1.807) is 17.4 Å². The third-order valence-corrected chi connectivity index (χ3v) is 4.14. The lowest BCUT2D eigenvalue weighted by molar-refractivity contribution is 0.0777. The van der Waals surface area contributed by atoms with Crippen LogP contribution in [0.1, 0.15) is 27.2 Å². The monoisotopic (exact) mass is 319 g/mol. The largest absolute Gasteiger partial charge is 0.336 e. The first kappa shape index (κ1) is 16.0. The second-order valence-corrected chi connectivity index (χ2v) is 6.08. The normalized spacial score (nSPS) is 10.6. The molecule has 0 atom stereocenters. The fraction of sp³-hybridized carbons (Fsp3) is 0.200. The van der Waals surface area contributed by atoms with E-state index >= 15 is 0 Å². The van der Waals surface area contributed by atoms with Crippen LogP contribution < -0.4 is 0 Å². The molecule has 0 aliphatic carbocycles. The maximum atomic E-state index is 12.8. The summed E-state index contributed by atoms with van der Waals surface area (Å²) in [5.74, 6) is -0.0451. The Morgan fingerprint density at radius 2 is 1.88 bits per heavy atom. The smallest absolute Gasteiger partial charge is 0.272 e. The van der Waals surface area contributed by atoms with Crippen LogP contribution in [-0.4, -0.2) is 27.4 Å². The van der Waals surface area contributed by atoms with Gasteiger partial charge in [-0.15, -0.1) is 0 Å². The highest BCUT2D eigenvalue weighted by atomic mass is 16.2. The van der Waals surface area contributed by atoms with Crippen LogP contribution in [0.15, 0.2) is 61.1 Å². The Labute approximate surface area is 142 Å². The van der Waals surface area contributed by atoms with Gasteiger partial charge >= 0.3 is 0 Å². The zero-order valence-corrected chi connectivity index (χ0v) is 14.2. The lowest BCUT2D eigenvalue weighted by Gasteiger charge is -2.19. The van der Waals surface area contributed by atoms with Crippen LogP contribution in [0.25, 0.3) is 5.69 Å². The molecule has 0 saturated carbocycles. The lowest BCUT2D eigenvalue weighted by atomic mass is 10.1. The van der Waals surface area contributed by atoms with E-state index in [4.69, 9.17) is 0 Å². The maximum Gasteiger partial charge on any atom is 0.272 e. The van der Waals surface area contributed by atoms with Crippen LogP contribution >= 0.6 is 0 Å². The third-order valence-electron chi connectivity index (χ3n) is 4.14. The van der Waals surface area contributed by atoms with E-state index in [0.717, 1.165) is 11.3 Å². The van der Waals surface area contributed by atoms with Gasteiger partial charge in [-0.25, -0.2) is 4.98 Å². The molecule has 0 fully saturated rings. The van der Waals surface area contributed by atoms with Crippen molar-refractivity contribution in [2.45, 2.75) is 20.4 Å². The Kier molecular flexibility index (Phi) is 4.47. The predicted octanol–water partition coefficient (Wildman–Crippen LogP) is 3.76. The van der Waals surface area contributed by atoms with Gasteiger partial charge in [-0.05, 0) is 37.1 Å². The molecular weight excluding hydrogens is 298 g/mol. The molecule has 1 aromatic heterocycles. The highest BCUT2D eigenvalue weighted by Crippen LogP contribution is 2.16. The first-order valence-corrected chi connectivity index (χ1v) is 7.95. The Hall–Kier alpha value is -2.88. The molecule has 4 nitrogen and oxygen atoms in total. The molecule has 24 heavy (non-hydrogen) atoms. The molecule has 1 heterocycles. The minimum Gasteiger partial charge on any atom is -0.336 e. The summed E-state index contributed by atoms with van der Waals surface area (Å²) < 4.78 is 1.82. The standard InChI is InChI=1S/C20H21N3O/c1-15-9-10-17(16(2)11-15)13-22(3)20(24)19-12-21-14-23(19)18-7-5-4-6-8-18/h4-12,14H,13H2,1-3H3. The van der Waals surface area contributed by atoms with Crippen molar-refractivity contribution in [1.29, 1.82) is 0 Å². The third kappa shape index (κ3) is 3.23. The summed E-state index contributed by atoms with van der Waals surface area (Å²) in [5, 5.41) is 0.